The number of hydrogen-bond donors (Lipinski definition) is 1. The third-order valence-corrected chi connectivity index (χ3v) is 3.87. The SMILES string of the molecule is C=CCC(N)(c1cccc(OC)c1)C(CCC)N(C)C. The number of methoxy groups -OCH3 is 1. The third-order valence-electron chi connectivity index (χ3n) is 3.87. The van der Waals surface area contributed by atoms with Crippen LogP contribution in [-0.4, -0.2) is 32.1 Å². The van der Waals surface area contributed by atoms with Gasteiger partial charge in [-0.05, 0) is 44.6 Å². The minimum atomic E-state index is -0.449. The quantitative estimate of drug-likeness (QED) is 0.741. The van der Waals surface area contributed by atoms with E-state index < -0.39 is 5.54 Å². The van der Waals surface area contributed by atoms with Crippen LogP contribution in [0, 0.1) is 0 Å². The highest BCUT2D eigenvalue weighted by Gasteiger charge is 2.36. The maximum Gasteiger partial charge on any atom is 0.119 e. The Bertz CT molecular complexity index is 431. The molecule has 0 aliphatic rings. The average Bonchev–Trinajstić information content (AvgIpc) is 2.44. The number of hydrogen-bond acceptors (Lipinski definition) is 3. The first kappa shape index (κ1) is 16.7. The maximum atomic E-state index is 6.82. The second kappa shape index (κ2) is 7.46. The molecule has 3 nitrogen and oxygen atoms in total. The van der Waals surface area contributed by atoms with Gasteiger partial charge in [0.05, 0.1) is 12.6 Å². The van der Waals surface area contributed by atoms with Crippen LogP contribution in [0.4, 0.5) is 0 Å². The van der Waals surface area contributed by atoms with Gasteiger partial charge in [0.2, 0.25) is 0 Å². The van der Waals surface area contributed by atoms with Crippen molar-refractivity contribution >= 4 is 0 Å². The minimum absolute atomic E-state index is 0.262. The first-order chi connectivity index (χ1) is 9.49. The van der Waals surface area contributed by atoms with E-state index in [0.29, 0.717) is 0 Å². The molecule has 1 aromatic rings. The summed E-state index contributed by atoms with van der Waals surface area (Å²) in [7, 11) is 5.86. The number of ether oxygens (including phenoxy) is 1. The largest absolute Gasteiger partial charge is 0.497 e. The molecule has 0 radical (unpaired) electrons. The van der Waals surface area contributed by atoms with E-state index >= 15 is 0 Å². The molecule has 0 fully saturated rings. The Labute approximate surface area is 123 Å². The van der Waals surface area contributed by atoms with Crippen molar-refractivity contribution in [2.75, 3.05) is 21.2 Å². The molecule has 0 saturated carbocycles. The average molecular weight is 276 g/mol. The fourth-order valence-corrected chi connectivity index (χ4v) is 2.85. The van der Waals surface area contributed by atoms with Crippen molar-refractivity contribution < 1.29 is 4.74 Å². The van der Waals surface area contributed by atoms with Crippen molar-refractivity contribution in [2.45, 2.75) is 37.8 Å². The summed E-state index contributed by atoms with van der Waals surface area (Å²) in [5.74, 6) is 0.843. The Morgan fingerprint density at radius 1 is 1.45 bits per heavy atom. The normalized spacial score (nSPS) is 15.7. The van der Waals surface area contributed by atoms with Crippen LogP contribution in [0.25, 0.3) is 0 Å². The molecule has 1 rings (SSSR count). The Morgan fingerprint density at radius 2 is 2.15 bits per heavy atom. The van der Waals surface area contributed by atoms with Gasteiger partial charge in [-0.25, -0.2) is 0 Å². The van der Waals surface area contributed by atoms with Gasteiger partial charge in [-0.15, -0.1) is 6.58 Å². The summed E-state index contributed by atoms with van der Waals surface area (Å²) in [6.45, 7) is 6.08. The molecule has 20 heavy (non-hydrogen) atoms. The molecule has 0 heterocycles. The Hall–Kier alpha value is -1.32. The lowest BCUT2D eigenvalue weighted by molar-refractivity contribution is 0.164. The molecule has 0 aliphatic heterocycles. The lowest BCUT2D eigenvalue weighted by Crippen LogP contribution is -2.53. The second-order valence-electron chi connectivity index (χ2n) is 5.53. The van der Waals surface area contributed by atoms with Crippen LogP contribution in [0.2, 0.25) is 0 Å². The van der Waals surface area contributed by atoms with Crippen molar-refractivity contribution in [2.24, 2.45) is 5.73 Å². The van der Waals surface area contributed by atoms with Crippen molar-refractivity contribution in [3.8, 4) is 5.75 Å². The summed E-state index contributed by atoms with van der Waals surface area (Å²) < 4.78 is 5.33. The molecule has 2 atom stereocenters. The van der Waals surface area contributed by atoms with Crippen molar-refractivity contribution in [1.82, 2.24) is 4.90 Å². The molecule has 0 bridgehead atoms. The van der Waals surface area contributed by atoms with Crippen LogP contribution in [-0.2, 0) is 5.54 Å². The molecule has 2 unspecified atom stereocenters. The first-order valence-corrected chi connectivity index (χ1v) is 7.20. The van der Waals surface area contributed by atoms with E-state index in [0.717, 1.165) is 30.6 Å². The molecule has 1 aromatic carbocycles. The van der Waals surface area contributed by atoms with Gasteiger partial charge in [-0.1, -0.05) is 31.6 Å². The van der Waals surface area contributed by atoms with Crippen LogP contribution in [0.15, 0.2) is 36.9 Å². The maximum absolute atomic E-state index is 6.82. The zero-order valence-electron chi connectivity index (χ0n) is 13.2. The van der Waals surface area contributed by atoms with Gasteiger partial charge in [-0.3, -0.25) is 0 Å². The highest BCUT2D eigenvalue weighted by molar-refractivity contribution is 5.35. The van der Waals surface area contributed by atoms with Crippen LogP contribution in [0.1, 0.15) is 31.7 Å². The summed E-state index contributed by atoms with van der Waals surface area (Å²) in [5.41, 5.74) is 7.47. The molecule has 3 heteroatoms. The van der Waals surface area contributed by atoms with Gasteiger partial charge in [0, 0.05) is 6.04 Å². The van der Waals surface area contributed by atoms with Crippen molar-refractivity contribution in [3.63, 3.8) is 0 Å². The highest BCUT2D eigenvalue weighted by atomic mass is 16.5. The van der Waals surface area contributed by atoms with E-state index in [1.54, 1.807) is 7.11 Å². The van der Waals surface area contributed by atoms with Gasteiger partial charge in [0.1, 0.15) is 5.75 Å². The molecule has 112 valence electrons. The molecule has 0 aromatic heterocycles. The van der Waals surface area contributed by atoms with E-state index in [-0.39, 0.29) is 6.04 Å². The summed E-state index contributed by atoms with van der Waals surface area (Å²) in [4.78, 5) is 2.21. The number of benzene rings is 1. The number of rotatable bonds is 8. The van der Waals surface area contributed by atoms with Crippen molar-refractivity contribution in [3.05, 3.63) is 42.5 Å². The van der Waals surface area contributed by atoms with Crippen molar-refractivity contribution in [1.29, 1.82) is 0 Å². The van der Waals surface area contributed by atoms with E-state index in [2.05, 4.69) is 38.6 Å². The summed E-state index contributed by atoms with van der Waals surface area (Å²) >= 11 is 0. The molecule has 0 spiro atoms. The fraction of sp³-hybridized carbons (Fsp3) is 0.529. The van der Waals surface area contributed by atoms with E-state index in [9.17, 15) is 0 Å². The highest BCUT2D eigenvalue weighted by Crippen LogP contribution is 2.33. The predicted molar refractivity (Wildman–Crippen MR) is 86.1 cm³/mol. The van der Waals surface area contributed by atoms with E-state index in [4.69, 9.17) is 10.5 Å². The van der Waals surface area contributed by atoms with Gasteiger partial charge in [0.25, 0.3) is 0 Å². The summed E-state index contributed by atoms with van der Waals surface area (Å²) in [5, 5.41) is 0. The van der Waals surface area contributed by atoms with E-state index in [1.807, 2.05) is 24.3 Å². The summed E-state index contributed by atoms with van der Waals surface area (Å²) in [6, 6.07) is 8.32. The van der Waals surface area contributed by atoms with Crippen LogP contribution in [0.3, 0.4) is 0 Å². The zero-order valence-corrected chi connectivity index (χ0v) is 13.2. The predicted octanol–water partition coefficient (Wildman–Crippen LogP) is 3.16. The third kappa shape index (κ3) is 3.62. The van der Waals surface area contributed by atoms with Gasteiger partial charge < -0.3 is 15.4 Å². The molecule has 2 N–H and O–H groups in total. The molecular formula is C17H28N2O. The van der Waals surface area contributed by atoms with Crippen LogP contribution < -0.4 is 10.5 Å². The number of nitrogens with zero attached hydrogens (tertiary/aromatic N) is 1. The minimum Gasteiger partial charge on any atom is -0.497 e. The topological polar surface area (TPSA) is 38.5 Å². The lowest BCUT2D eigenvalue weighted by Gasteiger charge is -2.41. The first-order valence-electron chi connectivity index (χ1n) is 7.20. The number of likely N-dealkylation sites (N-methyl/N-ethyl adjacent to an activating group) is 1. The van der Waals surface area contributed by atoms with Gasteiger partial charge in [0.15, 0.2) is 0 Å². The standard InChI is InChI=1S/C17H28N2O/c1-6-9-16(19(3)4)17(18,12-7-2)14-10-8-11-15(13-14)20-5/h7-8,10-11,13,16H,2,6,9,12,18H2,1,3-5H3. The van der Waals surface area contributed by atoms with Crippen LogP contribution in [0.5, 0.6) is 5.75 Å². The van der Waals surface area contributed by atoms with Gasteiger partial charge >= 0.3 is 0 Å². The van der Waals surface area contributed by atoms with E-state index in [1.165, 1.54) is 0 Å². The number of nitrogens with two attached hydrogens (primary N) is 1. The molecule has 0 amide bonds. The van der Waals surface area contributed by atoms with Gasteiger partial charge in [-0.2, -0.15) is 0 Å². The van der Waals surface area contributed by atoms with Crippen LogP contribution >= 0.6 is 0 Å². The lowest BCUT2D eigenvalue weighted by atomic mass is 9.78. The molecule has 0 saturated heterocycles. The Balaban J connectivity index is 3.26. The smallest absolute Gasteiger partial charge is 0.119 e. The molecule has 0 aliphatic carbocycles. The monoisotopic (exact) mass is 276 g/mol. The Kier molecular flexibility index (Phi) is 6.24. The second-order valence-corrected chi connectivity index (χ2v) is 5.53. The molecular weight excluding hydrogens is 248 g/mol. The fourth-order valence-electron chi connectivity index (χ4n) is 2.85. The Morgan fingerprint density at radius 3 is 2.65 bits per heavy atom. The summed E-state index contributed by atoms with van der Waals surface area (Å²) in [6.07, 6.45) is 4.80. The zero-order chi connectivity index (χ0) is 15.2.